The van der Waals surface area contributed by atoms with Crippen molar-refractivity contribution < 1.29 is 94.9 Å². The summed E-state index contributed by atoms with van der Waals surface area (Å²) in [6.07, 6.45) is 0.535. The molecule has 2 saturated heterocycles. The van der Waals surface area contributed by atoms with E-state index in [2.05, 4.69) is 65.1 Å². The van der Waals surface area contributed by atoms with Crippen LogP contribution < -0.4 is 20.1 Å². The maximum atomic E-state index is 13.5. The molecule has 4 saturated carbocycles. The van der Waals surface area contributed by atoms with Crippen LogP contribution in [0.3, 0.4) is 0 Å². The quantitative estimate of drug-likeness (QED) is 0.0660. The van der Waals surface area contributed by atoms with E-state index < -0.39 is 151 Å². The van der Waals surface area contributed by atoms with Crippen molar-refractivity contribution in [2.24, 2.45) is 11.8 Å². The van der Waals surface area contributed by atoms with Crippen molar-refractivity contribution in [1.82, 2.24) is 29.9 Å². The zero-order valence-electron chi connectivity index (χ0n) is 49.8. The minimum atomic E-state index is -4.24. The van der Waals surface area contributed by atoms with E-state index in [-0.39, 0.29) is 48.1 Å². The van der Waals surface area contributed by atoms with Gasteiger partial charge in [-0.05, 0) is 149 Å². The summed E-state index contributed by atoms with van der Waals surface area (Å²) in [6, 6.07) is 9.15. The van der Waals surface area contributed by atoms with Gasteiger partial charge in [-0.2, -0.15) is 16.8 Å². The zero-order chi connectivity index (χ0) is 66.1. The summed E-state index contributed by atoms with van der Waals surface area (Å²) >= 11 is 6.45. The predicted octanol–water partition coefficient (Wildman–Crippen LogP) is 5.88. The Morgan fingerprint density at radius 1 is 0.557 bits per heavy atom. The number of rotatable bonds is 18. The lowest BCUT2D eigenvalue weighted by Crippen LogP contribution is -2.56. The summed E-state index contributed by atoms with van der Waals surface area (Å²) in [4.78, 5) is 89.4. The van der Waals surface area contributed by atoms with Crippen LogP contribution in [0.5, 0.6) is 0 Å². The fraction of sp³-hybridized carbons (Fsp3) is 0.582. The number of nitrogens with one attached hydrogen (secondary N) is 4. The smallest absolute Gasteiger partial charge is 0.411 e. The van der Waals surface area contributed by atoms with E-state index in [0.717, 1.165) is 9.80 Å². The largest absolute Gasteiger partial charge is 0.480 e. The van der Waals surface area contributed by atoms with Gasteiger partial charge in [0.1, 0.15) is 40.0 Å². The van der Waals surface area contributed by atoms with E-state index in [1.807, 2.05) is 0 Å². The highest BCUT2D eigenvalue weighted by Gasteiger charge is 2.63. The molecule has 33 heteroatoms. The summed E-state index contributed by atoms with van der Waals surface area (Å²) in [5.41, 5.74) is -5.28. The SMILES string of the molecule is C=CC1C[C@]1(NC(=O)OC(C)(C)C)C(=O)NS(=O)(=O)C1CC1.C=CC1C[C@]1(NC(=O)[C@@H]1C[C@H](OS(=O)(=O)c2ccc(Br)cc2)CN1C(=O)OC(C)(C)C)C(=O)NS(=O)(=O)C1CC1.CC(C)(C)OC(=O)N1C[C@@H](OS(=O)(=O)c2ccc(Br)cc2)C[C@H]1C(=O)O. The first kappa shape index (κ1) is 71.4. The Bertz CT molecular complexity index is 3510. The molecule has 2 aromatic rings. The van der Waals surface area contributed by atoms with Crippen molar-refractivity contribution in [2.45, 2.75) is 186 Å². The Labute approximate surface area is 529 Å². The third-order valence-corrected chi connectivity index (χ3v) is 21.4. The van der Waals surface area contributed by atoms with Gasteiger partial charge in [-0.15, -0.1) is 13.2 Å². The summed E-state index contributed by atoms with van der Waals surface area (Å²) in [7, 11) is -15.9. The lowest BCUT2D eigenvalue weighted by atomic mass is 10.1. The number of benzene rings is 2. The Morgan fingerprint density at radius 3 is 1.22 bits per heavy atom. The molecule has 88 heavy (non-hydrogen) atoms. The van der Waals surface area contributed by atoms with Crippen molar-refractivity contribution in [3.63, 3.8) is 0 Å². The van der Waals surface area contributed by atoms with Crippen LogP contribution in [0.2, 0.25) is 0 Å². The van der Waals surface area contributed by atoms with Gasteiger partial charge in [0.15, 0.2) is 0 Å². The second-order valence-electron chi connectivity index (χ2n) is 24.9. The normalized spacial score (nSPS) is 25.2. The van der Waals surface area contributed by atoms with Crippen LogP contribution in [0.1, 0.15) is 114 Å². The maximum Gasteiger partial charge on any atom is 0.411 e. The van der Waals surface area contributed by atoms with E-state index in [9.17, 15) is 72.3 Å². The molecule has 0 radical (unpaired) electrons. The van der Waals surface area contributed by atoms with Gasteiger partial charge in [-0.1, -0.05) is 44.0 Å². The number of hydrogen-bond donors (Lipinski definition) is 5. The summed E-state index contributed by atoms with van der Waals surface area (Å²) in [6.45, 7) is 21.8. The van der Waals surface area contributed by atoms with Gasteiger partial charge in [0, 0.05) is 33.6 Å². The molecule has 27 nitrogen and oxygen atoms in total. The highest BCUT2D eigenvalue weighted by atomic mass is 79.9. The fourth-order valence-corrected chi connectivity index (χ4v) is 14.6. The first-order valence-electron chi connectivity index (χ1n) is 27.7. The molecule has 0 spiro atoms. The summed E-state index contributed by atoms with van der Waals surface area (Å²) in [5.74, 6) is -4.48. The number of sulfonamides is 2. The Morgan fingerprint density at radius 2 is 0.898 bits per heavy atom. The Kier molecular flexibility index (Phi) is 21.6. The monoisotopic (exact) mass is 1440 g/mol. The number of carbonyl (C=O) groups excluding carboxylic acids is 6. The maximum absolute atomic E-state index is 13.5. The van der Waals surface area contributed by atoms with Crippen molar-refractivity contribution in [1.29, 1.82) is 0 Å². The number of carbonyl (C=O) groups is 7. The van der Waals surface area contributed by atoms with E-state index in [1.165, 1.54) is 48.6 Å². The van der Waals surface area contributed by atoms with Crippen LogP contribution in [0, 0.1) is 11.8 Å². The number of halogens is 2. The average molecular weight is 1440 g/mol. The molecule has 0 aromatic heterocycles. The lowest BCUT2D eigenvalue weighted by Gasteiger charge is -2.29. The van der Waals surface area contributed by atoms with Crippen LogP contribution in [-0.4, -0.2) is 166 Å². The number of amides is 6. The molecule has 8 rings (SSSR count). The molecular formula is C55H74Br2N6O21S4. The molecular weight excluding hydrogens is 1370 g/mol. The standard InChI is InChI=1S/C25H32BrN3O9S2.C16H20BrNO7S.C14H22N2O5S/c1-5-15-13-25(15,22(31)28-39(33,34)18-10-11-18)27-21(30)20-12-17(14-29(20)23(32)37-24(2,3)4)38-40(35,36)19-8-6-16(26)7-9-19;1-16(2,3)24-15(21)18-9-11(8-13(18)14(19)20)25-26(22,23)12-6-4-10(17)5-7-12;1-5-9-8-14(9,15-12(18)21-13(2,3)4)11(17)16-22(19,20)10-6-7-10/h5-9,15,17-18,20H,1,10-14H2,2-4H3,(H,27,30)(H,28,31);4-7,11,13H,8-9H2,1-3H3,(H,19,20);5,9-10H,1,6-8H2,2-4H3,(H,15,18)(H,16,17)/t15?,17-,20-,25+;11-,13-;9?,14-/m001/s1. The third kappa shape index (κ3) is 18.9. The van der Waals surface area contributed by atoms with Crippen LogP contribution in [-0.2, 0) is 82.0 Å². The molecule has 8 atom stereocenters. The number of aliphatic carboxylic acids is 1. The van der Waals surface area contributed by atoms with Gasteiger partial charge in [-0.25, -0.2) is 36.0 Å². The number of carboxylic acid groups (broad SMARTS) is 1. The third-order valence-electron chi connectivity index (χ3n) is 14.0. The molecule has 2 aliphatic heterocycles. The number of carboxylic acids is 1. The van der Waals surface area contributed by atoms with E-state index in [0.29, 0.717) is 41.0 Å². The number of nitrogens with zero attached hydrogens (tertiary/aromatic N) is 2. The van der Waals surface area contributed by atoms with Crippen LogP contribution in [0.4, 0.5) is 14.4 Å². The second kappa shape index (κ2) is 26.6. The van der Waals surface area contributed by atoms with Crippen molar-refractivity contribution in [3.05, 3.63) is 82.8 Å². The van der Waals surface area contributed by atoms with Gasteiger partial charge >= 0.3 is 24.2 Å². The van der Waals surface area contributed by atoms with Crippen molar-refractivity contribution in [2.75, 3.05) is 13.1 Å². The molecule has 6 amide bonds. The van der Waals surface area contributed by atoms with Crippen LogP contribution in [0.15, 0.2) is 92.6 Å². The zero-order valence-corrected chi connectivity index (χ0v) is 56.2. The molecule has 0 bridgehead atoms. The summed E-state index contributed by atoms with van der Waals surface area (Å²) < 4.78 is 131. The van der Waals surface area contributed by atoms with Crippen LogP contribution in [0.25, 0.3) is 0 Å². The van der Waals surface area contributed by atoms with Crippen molar-refractivity contribution >= 4 is 114 Å². The highest BCUT2D eigenvalue weighted by Crippen LogP contribution is 2.47. The first-order chi connectivity index (χ1) is 40.4. The number of hydrogen-bond acceptors (Lipinski definition) is 20. The topological polar surface area (TPSA) is 377 Å². The number of alkyl carbamates (subject to hydrolysis) is 1. The molecule has 4 aliphatic carbocycles. The van der Waals surface area contributed by atoms with Gasteiger partial charge in [0.05, 0.1) is 45.6 Å². The van der Waals surface area contributed by atoms with Gasteiger partial charge in [-0.3, -0.25) is 42.0 Å². The fourth-order valence-electron chi connectivity index (χ4n) is 9.15. The highest BCUT2D eigenvalue weighted by molar-refractivity contribution is 9.10. The minimum absolute atomic E-state index is 0.0525. The Hall–Kier alpha value is -5.71. The van der Waals surface area contributed by atoms with Gasteiger partial charge in [0.25, 0.3) is 32.1 Å². The molecule has 488 valence electrons. The lowest BCUT2D eigenvalue weighted by molar-refractivity contribution is -0.142. The summed E-state index contributed by atoms with van der Waals surface area (Å²) in [5, 5.41) is 13.3. The second-order valence-corrected chi connectivity index (χ2v) is 33.8. The molecule has 6 fully saturated rings. The van der Waals surface area contributed by atoms with Crippen molar-refractivity contribution in [3.8, 4) is 0 Å². The van der Waals surface area contributed by atoms with E-state index in [4.69, 9.17) is 22.6 Å². The van der Waals surface area contributed by atoms with E-state index in [1.54, 1.807) is 74.4 Å². The minimum Gasteiger partial charge on any atom is -0.480 e. The van der Waals surface area contributed by atoms with Gasteiger partial charge < -0.3 is 30.0 Å². The van der Waals surface area contributed by atoms with Crippen LogP contribution >= 0.6 is 31.9 Å². The molecule has 2 unspecified atom stereocenters. The van der Waals surface area contributed by atoms with E-state index >= 15 is 0 Å². The predicted molar refractivity (Wildman–Crippen MR) is 322 cm³/mol. The average Bonchev–Trinajstić information content (AvgIpc) is 1.67. The molecule has 5 N–H and O–H groups in total. The first-order valence-corrected chi connectivity index (χ1v) is 35.2. The molecule has 2 aromatic carbocycles. The number of ether oxygens (including phenoxy) is 3. The Balaban J connectivity index is 0.000000223. The molecule has 6 aliphatic rings. The number of likely N-dealkylation sites (tertiary alicyclic amines) is 2. The molecule has 2 heterocycles. The van der Waals surface area contributed by atoms with Gasteiger partial charge in [0.2, 0.25) is 26.0 Å².